The molecule has 1 aromatic carbocycles. The van der Waals surface area contributed by atoms with Gasteiger partial charge < -0.3 is 14.2 Å². The van der Waals surface area contributed by atoms with Crippen LogP contribution >= 0.6 is 11.6 Å². The average Bonchev–Trinajstić information content (AvgIpc) is 3.50. The Morgan fingerprint density at radius 3 is 2.27 bits per heavy atom. The van der Waals surface area contributed by atoms with E-state index < -0.39 is 11.9 Å². The molecule has 4 rings (SSSR count). The van der Waals surface area contributed by atoms with Gasteiger partial charge in [0, 0.05) is 42.9 Å². The smallest absolute Gasteiger partial charge is 0.381 e. The van der Waals surface area contributed by atoms with Crippen molar-refractivity contribution in [2.24, 2.45) is 0 Å². The Kier molecular flexibility index (Phi) is 5.62. The van der Waals surface area contributed by atoms with Crippen LogP contribution in [0.25, 0.3) is 11.1 Å². The highest BCUT2D eigenvalue weighted by Gasteiger charge is 2.45. The van der Waals surface area contributed by atoms with Gasteiger partial charge in [0.05, 0.1) is 0 Å². The van der Waals surface area contributed by atoms with Crippen LogP contribution in [0.15, 0.2) is 24.3 Å². The summed E-state index contributed by atoms with van der Waals surface area (Å²) >= 11 is 5.99. The molecule has 1 saturated carbocycles. The van der Waals surface area contributed by atoms with E-state index in [1.54, 1.807) is 36.2 Å². The predicted octanol–water partition coefficient (Wildman–Crippen LogP) is 5.72. The number of halogens is 4. The Morgan fingerprint density at radius 2 is 1.73 bits per heavy atom. The van der Waals surface area contributed by atoms with Crippen molar-refractivity contribution >= 4 is 17.5 Å². The first kappa shape index (κ1) is 21.2. The van der Waals surface area contributed by atoms with Gasteiger partial charge in [-0.3, -0.25) is 4.79 Å². The number of alkyl halides is 3. The second-order valence-electron chi connectivity index (χ2n) is 8.06. The molecule has 30 heavy (non-hydrogen) atoms. The minimum absolute atomic E-state index is 0.0542. The van der Waals surface area contributed by atoms with Gasteiger partial charge >= 0.3 is 6.18 Å². The van der Waals surface area contributed by atoms with Gasteiger partial charge in [0.15, 0.2) is 0 Å². The summed E-state index contributed by atoms with van der Waals surface area (Å²) < 4.78 is 48.9. The van der Waals surface area contributed by atoms with Gasteiger partial charge in [-0.1, -0.05) is 23.7 Å². The first-order valence-corrected chi connectivity index (χ1v) is 10.5. The minimum atomic E-state index is -4.55. The highest BCUT2D eigenvalue weighted by molar-refractivity contribution is 6.30. The zero-order valence-electron chi connectivity index (χ0n) is 16.9. The van der Waals surface area contributed by atoms with Crippen molar-refractivity contribution in [1.82, 2.24) is 9.47 Å². The molecule has 0 atom stereocenters. The monoisotopic (exact) mass is 440 g/mol. The van der Waals surface area contributed by atoms with Gasteiger partial charge in [0.25, 0.3) is 5.91 Å². The van der Waals surface area contributed by atoms with Crippen LogP contribution in [0.1, 0.15) is 53.5 Å². The van der Waals surface area contributed by atoms with E-state index in [9.17, 15) is 18.0 Å². The maximum atomic E-state index is 14.1. The van der Waals surface area contributed by atoms with Crippen molar-refractivity contribution in [3.63, 3.8) is 0 Å². The fourth-order valence-electron chi connectivity index (χ4n) is 4.34. The van der Waals surface area contributed by atoms with Crippen molar-refractivity contribution < 1.29 is 22.7 Å². The van der Waals surface area contributed by atoms with Crippen LogP contribution in [0.2, 0.25) is 5.02 Å². The number of aromatic nitrogens is 1. The first-order chi connectivity index (χ1) is 14.2. The Labute approximate surface area is 178 Å². The summed E-state index contributed by atoms with van der Waals surface area (Å²) in [5, 5.41) is 0.487. The number of nitrogens with zero attached hydrogens (tertiary/aromatic N) is 2. The topological polar surface area (TPSA) is 34.5 Å². The number of benzene rings is 1. The van der Waals surface area contributed by atoms with Crippen LogP contribution in [-0.2, 0) is 10.9 Å². The fourth-order valence-corrected chi connectivity index (χ4v) is 4.47. The molecule has 0 unspecified atom stereocenters. The molecule has 2 heterocycles. The van der Waals surface area contributed by atoms with Crippen LogP contribution in [0.3, 0.4) is 0 Å². The molecule has 1 aliphatic carbocycles. The van der Waals surface area contributed by atoms with Crippen LogP contribution in [0.5, 0.6) is 0 Å². The van der Waals surface area contributed by atoms with E-state index in [4.69, 9.17) is 16.3 Å². The molecule has 1 aliphatic heterocycles. The molecule has 2 aliphatic rings. The molecule has 0 bridgehead atoms. The molecule has 162 valence electrons. The number of amides is 1. The molecule has 8 heteroatoms. The van der Waals surface area contributed by atoms with Gasteiger partial charge in [-0.05, 0) is 55.9 Å². The summed E-state index contributed by atoms with van der Waals surface area (Å²) in [6.07, 6.45) is -1.93. The van der Waals surface area contributed by atoms with E-state index in [2.05, 4.69) is 0 Å². The summed E-state index contributed by atoms with van der Waals surface area (Å²) in [7, 11) is 1.68. The summed E-state index contributed by atoms with van der Waals surface area (Å²) in [6, 6.07) is 6.26. The van der Waals surface area contributed by atoms with Gasteiger partial charge in [-0.25, -0.2) is 0 Å². The van der Waals surface area contributed by atoms with Crippen molar-refractivity contribution in [2.45, 2.75) is 50.9 Å². The van der Waals surface area contributed by atoms with E-state index in [1.165, 1.54) is 11.5 Å². The number of carbonyl (C=O) groups excluding carboxylic acids is 1. The highest BCUT2D eigenvalue weighted by Crippen LogP contribution is 2.48. The van der Waals surface area contributed by atoms with Gasteiger partial charge in [-0.15, -0.1) is 0 Å². The van der Waals surface area contributed by atoms with E-state index >= 15 is 0 Å². The van der Waals surface area contributed by atoms with E-state index in [1.807, 2.05) is 0 Å². The van der Waals surface area contributed by atoms with Gasteiger partial charge in [-0.2, -0.15) is 13.2 Å². The molecular weight excluding hydrogens is 417 g/mol. The quantitative estimate of drug-likeness (QED) is 0.609. The van der Waals surface area contributed by atoms with E-state index in [0.29, 0.717) is 55.0 Å². The number of hydrogen-bond acceptors (Lipinski definition) is 2. The lowest BCUT2D eigenvalue weighted by Gasteiger charge is -2.32. The Balaban J connectivity index is 1.90. The van der Waals surface area contributed by atoms with E-state index in [0.717, 1.165) is 0 Å². The van der Waals surface area contributed by atoms with Crippen molar-refractivity contribution in [3.05, 3.63) is 46.2 Å². The van der Waals surface area contributed by atoms with Crippen LogP contribution in [-0.4, -0.2) is 41.7 Å². The molecule has 0 N–H and O–H groups in total. The van der Waals surface area contributed by atoms with Gasteiger partial charge in [0.1, 0.15) is 11.4 Å². The highest BCUT2D eigenvalue weighted by atomic mass is 35.5. The summed E-state index contributed by atoms with van der Waals surface area (Å²) in [6.45, 7) is 2.54. The lowest BCUT2D eigenvalue weighted by Crippen LogP contribution is -2.41. The molecule has 2 aromatic rings. The van der Waals surface area contributed by atoms with Crippen LogP contribution in [0, 0.1) is 6.92 Å². The number of ether oxygens (including phenoxy) is 1. The summed E-state index contributed by atoms with van der Waals surface area (Å²) in [5.74, 6) is -0.377. The lowest BCUT2D eigenvalue weighted by atomic mass is 9.99. The fraction of sp³-hybridized carbons (Fsp3) is 0.500. The Hall–Kier alpha value is -1.99. The third-order valence-electron chi connectivity index (χ3n) is 6.02. The van der Waals surface area contributed by atoms with E-state index in [-0.39, 0.29) is 29.2 Å². The Bertz CT molecular complexity index is 943. The predicted molar refractivity (Wildman–Crippen MR) is 109 cm³/mol. The maximum absolute atomic E-state index is 14.1. The van der Waals surface area contributed by atoms with Crippen molar-refractivity contribution in [2.75, 3.05) is 20.3 Å². The summed E-state index contributed by atoms with van der Waals surface area (Å²) in [4.78, 5) is 15.2. The molecular formula is C22H24ClF3N2O2. The molecule has 2 fully saturated rings. The second kappa shape index (κ2) is 7.93. The van der Waals surface area contributed by atoms with Crippen molar-refractivity contribution in [1.29, 1.82) is 0 Å². The number of carbonyl (C=O) groups is 1. The molecule has 1 saturated heterocycles. The Morgan fingerprint density at radius 1 is 1.13 bits per heavy atom. The SMILES string of the molecule is Cc1c(-c2ccc(Cl)cc2)c(C(=O)N(C)C2CCOCC2)n(C2CC2)c1C(F)(F)F. The molecule has 0 radical (unpaired) electrons. The minimum Gasteiger partial charge on any atom is -0.381 e. The normalized spacial score (nSPS) is 17.9. The molecule has 4 nitrogen and oxygen atoms in total. The summed E-state index contributed by atoms with van der Waals surface area (Å²) in [5.41, 5.74) is 0.387. The van der Waals surface area contributed by atoms with Gasteiger partial charge in [0.2, 0.25) is 0 Å². The standard InChI is InChI=1S/C22H24ClF3N2O2/c1-13-18(14-3-5-15(23)6-4-14)19(21(29)27(2)16-9-11-30-12-10-16)28(17-7-8-17)20(13)22(24,25)26/h3-6,16-17H,7-12H2,1-2H3. The molecule has 0 spiro atoms. The molecule has 1 amide bonds. The lowest BCUT2D eigenvalue weighted by molar-refractivity contribution is -0.144. The number of hydrogen-bond donors (Lipinski definition) is 0. The average molecular weight is 441 g/mol. The second-order valence-corrected chi connectivity index (χ2v) is 8.50. The first-order valence-electron chi connectivity index (χ1n) is 10.1. The zero-order chi connectivity index (χ0) is 21.6. The number of rotatable bonds is 4. The third-order valence-corrected chi connectivity index (χ3v) is 6.28. The maximum Gasteiger partial charge on any atom is 0.431 e. The van der Waals surface area contributed by atoms with Crippen LogP contribution in [0.4, 0.5) is 13.2 Å². The van der Waals surface area contributed by atoms with Crippen LogP contribution < -0.4 is 0 Å². The third kappa shape index (κ3) is 3.85. The zero-order valence-corrected chi connectivity index (χ0v) is 17.7. The molecule has 1 aromatic heterocycles. The largest absolute Gasteiger partial charge is 0.431 e. The van der Waals surface area contributed by atoms with Crippen molar-refractivity contribution in [3.8, 4) is 11.1 Å².